The van der Waals surface area contributed by atoms with Crippen molar-refractivity contribution in [3.05, 3.63) is 5.82 Å². The third kappa shape index (κ3) is 3.51. The zero-order chi connectivity index (χ0) is 14.0. The molecule has 0 radical (unpaired) electrons. The number of piperidine rings is 1. The van der Waals surface area contributed by atoms with Gasteiger partial charge >= 0.3 is 0 Å². The van der Waals surface area contributed by atoms with Crippen molar-refractivity contribution in [1.82, 2.24) is 19.9 Å². The second kappa shape index (κ2) is 5.66. The highest BCUT2D eigenvalue weighted by molar-refractivity contribution is 5.32. The molecular formula is C12H23N7. The molecule has 1 aliphatic heterocycles. The number of nitrogens with two attached hydrogens (primary N) is 2. The van der Waals surface area contributed by atoms with E-state index in [0.29, 0.717) is 24.5 Å². The van der Waals surface area contributed by atoms with Gasteiger partial charge in [-0.2, -0.15) is 15.0 Å². The largest absolute Gasteiger partial charge is 0.368 e. The van der Waals surface area contributed by atoms with Gasteiger partial charge in [-0.05, 0) is 12.3 Å². The van der Waals surface area contributed by atoms with Crippen LogP contribution in [0.25, 0.3) is 0 Å². The van der Waals surface area contributed by atoms with Gasteiger partial charge in [-0.1, -0.05) is 6.92 Å². The minimum absolute atomic E-state index is 0.274. The van der Waals surface area contributed by atoms with Crippen LogP contribution >= 0.6 is 0 Å². The highest BCUT2D eigenvalue weighted by atomic mass is 15.3. The van der Waals surface area contributed by atoms with Crippen LogP contribution in [-0.2, 0) is 6.54 Å². The molecule has 0 saturated carbocycles. The first-order valence-electron chi connectivity index (χ1n) is 6.61. The first-order valence-corrected chi connectivity index (χ1v) is 6.61. The van der Waals surface area contributed by atoms with Crippen molar-refractivity contribution in [2.45, 2.75) is 25.9 Å². The molecule has 1 aliphatic rings. The van der Waals surface area contributed by atoms with E-state index in [1.807, 2.05) is 19.0 Å². The van der Waals surface area contributed by atoms with Crippen LogP contribution in [0.2, 0.25) is 0 Å². The predicted octanol–water partition coefficient (Wildman–Crippen LogP) is -0.311. The summed E-state index contributed by atoms with van der Waals surface area (Å²) in [6.07, 6.45) is 1.02. The van der Waals surface area contributed by atoms with Gasteiger partial charge in [-0.15, -0.1) is 0 Å². The zero-order valence-corrected chi connectivity index (χ0v) is 11.9. The Morgan fingerprint density at radius 3 is 2.68 bits per heavy atom. The Morgan fingerprint density at radius 1 is 1.32 bits per heavy atom. The lowest BCUT2D eigenvalue weighted by molar-refractivity contribution is 0.154. The fourth-order valence-electron chi connectivity index (χ4n) is 2.29. The maximum absolute atomic E-state index is 6.03. The fourth-order valence-corrected chi connectivity index (χ4v) is 2.29. The van der Waals surface area contributed by atoms with Crippen molar-refractivity contribution in [3.63, 3.8) is 0 Å². The maximum atomic E-state index is 6.03. The van der Waals surface area contributed by atoms with Gasteiger partial charge in [0.15, 0.2) is 0 Å². The molecule has 0 spiro atoms. The van der Waals surface area contributed by atoms with E-state index in [-0.39, 0.29) is 5.95 Å². The Bertz CT molecular complexity index is 434. The summed E-state index contributed by atoms with van der Waals surface area (Å²) in [4.78, 5) is 16.9. The average molecular weight is 265 g/mol. The molecule has 0 aliphatic carbocycles. The van der Waals surface area contributed by atoms with Crippen molar-refractivity contribution in [2.24, 2.45) is 11.7 Å². The molecule has 2 rings (SSSR count). The number of aromatic nitrogens is 3. The summed E-state index contributed by atoms with van der Waals surface area (Å²) in [6, 6.07) is 0.303. The van der Waals surface area contributed by atoms with Crippen molar-refractivity contribution >= 4 is 11.9 Å². The number of nitrogens with zero attached hydrogens (tertiary/aromatic N) is 5. The molecule has 1 aromatic rings. The van der Waals surface area contributed by atoms with Crippen molar-refractivity contribution in [1.29, 1.82) is 0 Å². The van der Waals surface area contributed by atoms with Crippen LogP contribution in [0.1, 0.15) is 19.2 Å². The number of hydrogen-bond donors (Lipinski definition) is 2. The van der Waals surface area contributed by atoms with E-state index in [4.69, 9.17) is 11.5 Å². The molecule has 1 aromatic heterocycles. The summed E-state index contributed by atoms with van der Waals surface area (Å²) in [6.45, 7) is 4.84. The highest BCUT2D eigenvalue weighted by Crippen LogP contribution is 2.17. The van der Waals surface area contributed by atoms with Crippen LogP contribution in [0, 0.1) is 5.92 Å². The number of likely N-dealkylation sites (tertiary alicyclic amines) is 1. The van der Waals surface area contributed by atoms with Gasteiger partial charge in [0.1, 0.15) is 5.82 Å². The van der Waals surface area contributed by atoms with Crippen LogP contribution in [0.4, 0.5) is 11.9 Å². The topological polar surface area (TPSA) is 97.2 Å². The molecule has 19 heavy (non-hydrogen) atoms. The molecule has 1 saturated heterocycles. The molecule has 106 valence electrons. The number of hydrogen-bond acceptors (Lipinski definition) is 7. The van der Waals surface area contributed by atoms with Crippen molar-refractivity contribution in [2.75, 3.05) is 37.8 Å². The van der Waals surface area contributed by atoms with Gasteiger partial charge in [0, 0.05) is 33.2 Å². The maximum Gasteiger partial charge on any atom is 0.229 e. The van der Waals surface area contributed by atoms with Gasteiger partial charge in [0.25, 0.3) is 0 Å². The second-order valence-electron chi connectivity index (χ2n) is 5.47. The van der Waals surface area contributed by atoms with E-state index in [0.717, 1.165) is 25.3 Å². The second-order valence-corrected chi connectivity index (χ2v) is 5.47. The monoisotopic (exact) mass is 265 g/mol. The summed E-state index contributed by atoms with van der Waals surface area (Å²) in [7, 11) is 3.78. The van der Waals surface area contributed by atoms with Gasteiger partial charge in [-0.25, -0.2) is 0 Å². The zero-order valence-electron chi connectivity index (χ0n) is 11.9. The molecule has 0 aromatic carbocycles. The molecule has 2 heterocycles. The molecule has 1 fully saturated rings. The third-order valence-electron chi connectivity index (χ3n) is 3.51. The van der Waals surface area contributed by atoms with Crippen LogP contribution < -0.4 is 16.4 Å². The summed E-state index contributed by atoms with van der Waals surface area (Å²) in [5, 5.41) is 0. The van der Waals surface area contributed by atoms with Crippen LogP contribution in [0.3, 0.4) is 0 Å². The molecule has 7 heteroatoms. The van der Waals surface area contributed by atoms with Gasteiger partial charge in [0.2, 0.25) is 11.9 Å². The first kappa shape index (κ1) is 14.0. The lowest BCUT2D eigenvalue weighted by Crippen LogP contribution is -2.45. The Hall–Kier alpha value is -1.47. The van der Waals surface area contributed by atoms with Gasteiger partial charge in [-0.3, -0.25) is 4.90 Å². The molecule has 0 amide bonds. The summed E-state index contributed by atoms with van der Waals surface area (Å²) < 4.78 is 0. The van der Waals surface area contributed by atoms with E-state index >= 15 is 0 Å². The van der Waals surface area contributed by atoms with E-state index in [1.54, 1.807) is 0 Å². The Kier molecular flexibility index (Phi) is 4.16. The fraction of sp³-hybridized carbons (Fsp3) is 0.750. The number of rotatable bonds is 3. The normalized spacial score (nSPS) is 24.4. The number of anilines is 2. The minimum atomic E-state index is 0.274. The standard InChI is InChI=1S/C12H23N7/c1-8-6-19(5-4-9(8)13)7-10-15-11(14)17-12(16-10)18(2)3/h8-9H,4-7,13H2,1-3H3,(H2,14,15,16,17). The predicted molar refractivity (Wildman–Crippen MR) is 75.6 cm³/mol. The van der Waals surface area contributed by atoms with E-state index in [9.17, 15) is 0 Å². The smallest absolute Gasteiger partial charge is 0.229 e. The number of nitrogen functional groups attached to an aromatic ring is 1. The highest BCUT2D eigenvalue weighted by Gasteiger charge is 2.23. The third-order valence-corrected chi connectivity index (χ3v) is 3.51. The van der Waals surface area contributed by atoms with Crippen LogP contribution in [-0.4, -0.2) is 53.1 Å². The minimum Gasteiger partial charge on any atom is -0.368 e. The van der Waals surface area contributed by atoms with E-state index < -0.39 is 0 Å². The molecule has 0 bridgehead atoms. The Morgan fingerprint density at radius 2 is 2.05 bits per heavy atom. The summed E-state index contributed by atoms with van der Waals surface area (Å²) >= 11 is 0. The van der Waals surface area contributed by atoms with Crippen molar-refractivity contribution in [3.8, 4) is 0 Å². The van der Waals surface area contributed by atoms with Crippen LogP contribution in [0.15, 0.2) is 0 Å². The Labute approximate surface area is 114 Å². The Balaban J connectivity index is 2.07. The SMILES string of the molecule is CC1CN(Cc2nc(N)nc(N(C)C)n2)CCC1N. The van der Waals surface area contributed by atoms with Crippen LogP contribution in [0.5, 0.6) is 0 Å². The molecule has 2 atom stereocenters. The van der Waals surface area contributed by atoms with Gasteiger partial charge < -0.3 is 16.4 Å². The lowest BCUT2D eigenvalue weighted by Gasteiger charge is -2.34. The average Bonchev–Trinajstić information content (AvgIpc) is 2.33. The first-order chi connectivity index (χ1) is 8.95. The summed E-state index contributed by atoms with van der Waals surface area (Å²) in [5.41, 5.74) is 11.8. The summed E-state index contributed by atoms with van der Waals surface area (Å²) in [5.74, 6) is 2.10. The van der Waals surface area contributed by atoms with Crippen molar-refractivity contribution < 1.29 is 0 Å². The molecule has 2 unspecified atom stereocenters. The lowest BCUT2D eigenvalue weighted by atomic mass is 9.95. The quantitative estimate of drug-likeness (QED) is 0.773. The molecule has 7 nitrogen and oxygen atoms in total. The van der Waals surface area contributed by atoms with Gasteiger partial charge in [0.05, 0.1) is 6.54 Å². The van der Waals surface area contributed by atoms with E-state index in [2.05, 4.69) is 26.8 Å². The van der Waals surface area contributed by atoms with E-state index in [1.165, 1.54) is 0 Å². The molecular weight excluding hydrogens is 242 g/mol. The molecule has 4 N–H and O–H groups in total.